The average Bonchev–Trinajstić information content (AvgIpc) is 2.83. The highest BCUT2D eigenvalue weighted by molar-refractivity contribution is 6.05. The number of carbonyl (C=O) groups is 1. The Morgan fingerprint density at radius 3 is 1.27 bits per heavy atom. The lowest BCUT2D eigenvalue weighted by molar-refractivity contribution is -0.110. The van der Waals surface area contributed by atoms with Crippen molar-refractivity contribution < 1.29 is 4.79 Å². The van der Waals surface area contributed by atoms with Crippen LogP contribution in [0.4, 0.5) is 0 Å². The van der Waals surface area contributed by atoms with Crippen LogP contribution in [0.25, 0.3) is 34.4 Å². The molecule has 0 unspecified atom stereocenters. The van der Waals surface area contributed by atoms with Crippen molar-refractivity contribution in [1.29, 1.82) is 0 Å². The lowest BCUT2D eigenvalue weighted by Crippen LogP contribution is -1.88. The maximum Gasteiger partial charge on any atom is 0.178 e. The van der Waals surface area contributed by atoms with Gasteiger partial charge < -0.3 is 0 Å². The van der Waals surface area contributed by atoms with Gasteiger partial charge in [-0.25, -0.2) is 0 Å². The van der Waals surface area contributed by atoms with Gasteiger partial charge in [0, 0.05) is 0 Å². The third-order valence-corrected chi connectivity index (χ3v) is 4.95. The fraction of sp³-hybridized carbons (Fsp3) is 0. The lowest BCUT2D eigenvalue weighted by atomic mass is 9.98. The molecule has 0 saturated carbocycles. The molecule has 1 heteroatoms. The van der Waals surface area contributed by atoms with Gasteiger partial charge in [-0.1, -0.05) is 121 Å². The Bertz CT molecular complexity index is 1090. The SMILES string of the molecule is O=C(C=Cc1ccccc1-c1ccccc1)C=Cc1ccccc1-c1ccccc1. The lowest BCUT2D eigenvalue weighted by Gasteiger charge is -2.06. The van der Waals surface area contributed by atoms with Gasteiger partial charge in [0.2, 0.25) is 0 Å². The third kappa shape index (κ3) is 4.71. The second-order valence-corrected chi connectivity index (χ2v) is 6.98. The van der Waals surface area contributed by atoms with E-state index in [1.807, 2.05) is 84.9 Å². The second kappa shape index (κ2) is 9.49. The predicted octanol–water partition coefficient (Wildman–Crippen LogP) is 7.32. The van der Waals surface area contributed by atoms with Crippen LogP contribution in [0.5, 0.6) is 0 Å². The molecule has 0 saturated heterocycles. The van der Waals surface area contributed by atoms with Crippen molar-refractivity contribution >= 4 is 17.9 Å². The molecule has 0 fully saturated rings. The van der Waals surface area contributed by atoms with Crippen molar-refractivity contribution in [3.63, 3.8) is 0 Å². The van der Waals surface area contributed by atoms with Crippen LogP contribution in [0, 0.1) is 0 Å². The molecule has 0 spiro atoms. The molecule has 144 valence electrons. The summed E-state index contributed by atoms with van der Waals surface area (Å²) >= 11 is 0. The van der Waals surface area contributed by atoms with E-state index in [0.29, 0.717) is 0 Å². The number of allylic oxidation sites excluding steroid dienone is 2. The minimum atomic E-state index is -0.0410. The molecule has 0 heterocycles. The Balaban J connectivity index is 1.55. The highest BCUT2D eigenvalue weighted by Crippen LogP contribution is 2.25. The fourth-order valence-electron chi connectivity index (χ4n) is 3.45. The third-order valence-electron chi connectivity index (χ3n) is 4.95. The number of hydrogen-bond acceptors (Lipinski definition) is 1. The quantitative estimate of drug-likeness (QED) is 0.317. The molecule has 0 aliphatic carbocycles. The highest BCUT2D eigenvalue weighted by Gasteiger charge is 2.03. The fourth-order valence-corrected chi connectivity index (χ4v) is 3.45. The maximum absolute atomic E-state index is 12.5. The number of carbonyl (C=O) groups excluding carboxylic acids is 1. The second-order valence-electron chi connectivity index (χ2n) is 6.98. The van der Waals surface area contributed by atoms with Crippen LogP contribution in [-0.4, -0.2) is 5.78 Å². The van der Waals surface area contributed by atoms with Gasteiger partial charge >= 0.3 is 0 Å². The molecule has 0 aliphatic heterocycles. The van der Waals surface area contributed by atoms with E-state index in [4.69, 9.17) is 0 Å². The standard InChI is InChI=1S/C29H22O/c30-27(21-19-25-15-7-9-17-28(25)23-11-3-1-4-12-23)22-20-26-16-8-10-18-29(26)24-13-5-2-6-14-24/h1-22H. The molecule has 0 bridgehead atoms. The molecule has 0 amide bonds. The van der Waals surface area contributed by atoms with Crippen LogP contribution < -0.4 is 0 Å². The molecule has 0 atom stereocenters. The molecule has 4 rings (SSSR count). The van der Waals surface area contributed by atoms with E-state index in [0.717, 1.165) is 33.4 Å². The van der Waals surface area contributed by atoms with Crippen molar-refractivity contribution in [2.45, 2.75) is 0 Å². The van der Waals surface area contributed by atoms with E-state index in [1.54, 1.807) is 12.2 Å². The number of benzene rings is 4. The van der Waals surface area contributed by atoms with Crippen molar-refractivity contribution in [2.75, 3.05) is 0 Å². The molecule has 4 aromatic carbocycles. The van der Waals surface area contributed by atoms with Crippen LogP contribution in [0.1, 0.15) is 11.1 Å². The van der Waals surface area contributed by atoms with Crippen molar-refractivity contribution in [3.8, 4) is 22.3 Å². The molecule has 1 nitrogen and oxygen atoms in total. The van der Waals surface area contributed by atoms with Crippen LogP contribution in [0.2, 0.25) is 0 Å². The summed E-state index contributed by atoms with van der Waals surface area (Å²) in [6.07, 6.45) is 7.03. The summed E-state index contributed by atoms with van der Waals surface area (Å²) in [6.45, 7) is 0. The molecular weight excluding hydrogens is 364 g/mol. The number of rotatable bonds is 6. The van der Waals surface area contributed by atoms with Crippen molar-refractivity contribution in [1.82, 2.24) is 0 Å². The Morgan fingerprint density at radius 1 is 0.467 bits per heavy atom. The molecule has 4 aromatic rings. The van der Waals surface area contributed by atoms with Crippen LogP contribution in [0.15, 0.2) is 121 Å². The van der Waals surface area contributed by atoms with Gasteiger partial charge in [-0.2, -0.15) is 0 Å². The minimum absolute atomic E-state index is 0.0410. The van der Waals surface area contributed by atoms with Gasteiger partial charge in [-0.05, 0) is 45.5 Å². The van der Waals surface area contributed by atoms with E-state index in [2.05, 4.69) is 36.4 Å². The molecule has 0 aromatic heterocycles. The Hall–Kier alpha value is -3.97. The Labute approximate surface area is 177 Å². The topological polar surface area (TPSA) is 17.1 Å². The molecular formula is C29H22O. The first-order valence-electron chi connectivity index (χ1n) is 10.0. The van der Waals surface area contributed by atoms with E-state index < -0.39 is 0 Å². The first-order chi connectivity index (χ1) is 14.8. The summed E-state index contributed by atoms with van der Waals surface area (Å²) < 4.78 is 0. The van der Waals surface area contributed by atoms with Crippen LogP contribution in [-0.2, 0) is 4.79 Å². The summed E-state index contributed by atoms with van der Waals surface area (Å²) in [7, 11) is 0. The van der Waals surface area contributed by atoms with Gasteiger partial charge in [0.25, 0.3) is 0 Å². The zero-order valence-electron chi connectivity index (χ0n) is 16.6. The maximum atomic E-state index is 12.5. The molecule has 0 radical (unpaired) electrons. The van der Waals surface area contributed by atoms with E-state index in [9.17, 15) is 4.79 Å². The van der Waals surface area contributed by atoms with Gasteiger partial charge in [0.1, 0.15) is 0 Å². The average molecular weight is 386 g/mol. The van der Waals surface area contributed by atoms with Gasteiger partial charge in [-0.15, -0.1) is 0 Å². The molecule has 0 N–H and O–H groups in total. The normalized spacial score (nSPS) is 11.2. The first-order valence-corrected chi connectivity index (χ1v) is 10.0. The first kappa shape index (κ1) is 19.4. The summed E-state index contributed by atoms with van der Waals surface area (Å²) in [5.41, 5.74) is 6.54. The number of hydrogen-bond donors (Lipinski definition) is 0. The van der Waals surface area contributed by atoms with E-state index in [-0.39, 0.29) is 5.78 Å². The Morgan fingerprint density at radius 2 is 0.833 bits per heavy atom. The van der Waals surface area contributed by atoms with Crippen molar-refractivity contribution in [2.24, 2.45) is 0 Å². The summed E-state index contributed by atoms with van der Waals surface area (Å²) in [5.74, 6) is -0.0410. The van der Waals surface area contributed by atoms with E-state index in [1.165, 1.54) is 0 Å². The van der Waals surface area contributed by atoms with Crippen molar-refractivity contribution in [3.05, 3.63) is 132 Å². The monoisotopic (exact) mass is 386 g/mol. The highest BCUT2D eigenvalue weighted by atomic mass is 16.1. The summed E-state index contributed by atoms with van der Waals surface area (Å²) in [4.78, 5) is 12.5. The van der Waals surface area contributed by atoms with Crippen LogP contribution >= 0.6 is 0 Å². The zero-order chi connectivity index (χ0) is 20.6. The minimum Gasteiger partial charge on any atom is -0.290 e. The van der Waals surface area contributed by atoms with Gasteiger partial charge in [0.05, 0.1) is 0 Å². The predicted molar refractivity (Wildman–Crippen MR) is 127 cm³/mol. The summed E-state index contributed by atoms with van der Waals surface area (Å²) in [5, 5.41) is 0. The molecule has 30 heavy (non-hydrogen) atoms. The zero-order valence-corrected chi connectivity index (χ0v) is 16.6. The van der Waals surface area contributed by atoms with Gasteiger partial charge in [0.15, 0.2) is 5.78 Å². The number of ketones is 1. The van der Waals surface area contributed by atoms with Crippen LogP contribution in [0.3, 0.4) is 0 Å². The molecule has 0 aliphatic rings. The summed E-state index contributed by atoms with van der Waals surface area (Å²) in [6, 6.07) is 36.6. The largest absolute Gasteiger partial charge is 0.290 e. The van der Waals surface area contributed by atoms with Gasteiger partial charge in [-0.3, -0.25) is 4.79 Å². The van der Waals surface area contributed by atoms with E-state index >= 15 is 0 Å². The Kier molecular flexibility index (Phi) is 6.12. The smallest absolute Gasteiger partial charge is 0.178 e.